The number of thiophene rings is 1. The zero-order valence-electron chi connectivity index (χ0n) is 18.1. The zero-order chi connectivity index (χ0) is 21.7. The van der Waals surface area contributed by atoms with E-state index in [1.54, 1.807) is 17.6 Å². The van der Waals surface area contributed by atoms with Crippen LogP contribution in [0, 0.1) is 0 Å². The Labute approximate surface area is 188 Å². The molecular weight excluding hydrogens is 428 g/mol. The van der Waals surface area contributed by atoms with Crippen LogP contribution in [0.3, 0.4) is 0 Å². The molecule has 0 unspecified atom stereocenters. The van der Waals surface area contributed by atoms with Crippen LogP contribution in [0.25, 0.3) is 20.4 Å². The molecule has 0 amide bonds. The van der Waals surface area contributed by atoms with Gasteiger partial charge in [-0.3, -0.25) is 0 Å². The Morgan fingerprint density at radius 3 is 2.88 bits per heavy atom. The standard InChI is InChI=1S/C22H24N6O3S/c1-22(2)10-14-15(12-31-22)20(28-5-8-29-9-6-28)24-21-16(14)17-18(32-21)19(26-27-25-17)23-11-13-4-3-7-30-13/h3-4,7H,5-6,8-12H2,1-2H3,(H,23,25,26). The van der Waals surface area contributed by atoms with Crippen LogP contribution >= 0.6 is 11.3 Å². The average molecular weight is 453 g/mol. The van der Waals surface area contributed by atoms with Gasteiger partial charge in [0.2, 0.25) is 0 Å². The first-order chi connectivity index (χ1) is 15.6. The van der Waals surface area contributed by atoms with Crippen molar-refractivity contribution in [2.45, 2.75) is 39.0 Å². The minimum Gasteiger partial charge on any atom is -0.467 e. The second kappa shape index (κ2) is 7.65. The summed E-state index contributed by atoms with van der Waals surface area (Å²) in [6.45, 7) is 8.42. The van der Waals surface area contributed by atoms with Gasteiger partial charge in [0.25, 0.3) is 0 Å². The summed E-state index contributed by atoms with van der Waals surface area (Å²) in [7, 11) is 0. The molecule has 2 aliphatic rings. The molecule has 0 atom stereocenters. The molecule has 9 nitrogen and oxygen atoms in total. The molecule has 0 saturated carbocycles. The average Bonchev–Trinajstić information content (AvgIpc) is 3.45. The largest absolute Gasteiger partial charge is 0.467 e. The first-order valence-corrected chi connectivity index (χ1v) is 11.6. The quantitative estimate of drug-likeness (QED) is 0.498. The predicted octanol–water partition coefficient (Wildman–Crippen LogP) is 3.53. The van der Waals surface area contributed by atoms with E-state index in [1.807, 2.05) is 12.1 Å². The van der Waals surface area contributed by atoms with Gasteiger partial charge in [-0.05, 0) is 36.8 Å². The smallest absolute Gasteiger partial charge is 0.170 e. The molecule has 0 spiro atoms. The maximum atomic E-state index is 6.20. The second-order valence-electron chi connectivity index (χ2n) is 8.75. The summed E-state index contributed by atoms with van der Waals surface area (Å²) in [5, 5.41) is 17.2. The van der Waals surface area contributed by atoms with Crippen molar-refractivity contribution in [1.29, 1.82) is 0 Å². The first-order valence-electron chi connectivity index (χ1n) is 10.8. The van der Waals surface area contributed by atoms with Crippen LogP contribution < -0.4 is 10.2 Å². The number of aromatic nitrogens is 4. The normalized spacial score (nSPS) is 18.2. The molecule has 0 bridgehead atoms. The van der Waals surface area contributed by atoms with Gasteiger partial charge in [0.05, 0.1) is 38.2 Å². The Bertz CT molecular complexity index is 1280. The number of rotatable bonds is 4. The topological polar surface area (TPSA) is 98.4 Å². The number of furan rings is 1. The van der Waals surface area contributed by atoms with Crippen molar-refractivity contribution in [1.82, 2.24) is 20.4 Å². The van der Waals surface area contributed by atoms with Crippen molar-refractivity contribution < 1.29 is 13.9 Å². The van der Waals surface area contributed by atoms with Gasteiger partial charge in [-0.2, -0.15) is 0 Å². The second-order valence-corrected chi connectivity index (χ2v) is 9.75. The summed E-state index contributed by atoms with van der Waals surface area (Å²) in [6.07, 6.45) is 2.46. The Kier molecular flexibility index (Phi) is 4.74. The fourth-order valence-corrected chi connectivity index (χ4v) is 5.55. The highest BCUT2D eigenvalue weighted by molar-refractivity contribution is 7.26. The molecule has 0 aliphatic carbocycles. The molecule has 10 heteroatoms. The molecule has 4 aromatic rings. The Hall–Kier alpha value is -2.82. The van der Waals surface area contributed by atoms with E-state index in [4.69, 9.17) is 18.9 Å². The third-order valence-corrected chi connectivity index (χ3v) is 7.12. The van der Waals surface area contributed by atoms with Crippen LogP contribution in [0.15, 0.2) is 22.8 Å². The van der Waals surface area contributed by atoms with E-state index in [0.29, 0.717) is 32.2 Å². The number of morpholine rings is 1. The van der Waals surface area contributed by atoms with E-state index in [9.17, 15) is 0 Å². The number of hydrogen-bond donors (Lipinski definition) is 1. The lowest BCUT2D eigenvalue weighted by molar-refractivity contribution is -0.0396. The van der Waals surface area contributed by atoms with E-state index in [0.717, 1.165) is 57.1 Å². The monoisotopic (exact) mass is 452 g/mol. The molecule has 1 N–H and O–H groups in total. The van der Waals surface area contributed by atoms with E-state index >= 15 is 0 Å². The summed E-state index contributed by atoms with van der Waals surface area (Å²) < 4.78 is 18.2. The molecule has 2 aliphatic heterocycles. The van der Waals surface area contributed by atoms with Gasteiger partial charge in [0.1, 0.15) is 26.6 Å². The molecule has 4 aromatic heterocycles. The molecule has 6 heterocycles. The summed E-state index contributed by atoms with van der Waals surface area (Å²) >= 11 is 1.61. The van der Waals surface area contributed by atoms with Crippen LogP contribution in [0.2, 0.25) is 0 Å². The molecule has 6 rings (SSSR count). The van der Waals surface area contributed by atoms with Crippen molar-refractivity contribution in [2.75, 3.05) is 36.5 Å². The van der Waals surface area contributed by atoms with Crippen LogP contribution in [0.1, 0.15) is 30.7 Å². The van der Waals surface area contributed by atoms with Crippen molar-refractivity contribution in [3.05, 3.63) is 35.3 Å². The minimum absolute atomic E-state index is 0.251. The Morgan fingerprint density at radius 1 is 1.19 bits per heavy atom. The van der Waals surface area contributed by atoms with Crippen molar-refractivity contribution in [3.63, 3.8) is 0 Å². The van der Waals surface area contributed by atoms with Gasteiger partial charge in [-0.25, -0.2) is 4.98 Å². The summed E-state index contributed by atoms with van der Waals surface area (Å²) in [6, 6.07) is 3.80. The minimum atomic E-state index is -0.251. The van der Waals surface area contributed by atoms with Crippen LogP contribution in [0.5, 0.6) is 0 Å². The number of nitrogens with zero attached hydrogens (tertiary/aromatic N) is 5. The third-order valence-electron chi connectivity index (χ3n) is 6.04. The highest BCUT2D eigenvalue weighted by atomic mass is 32.1. The number of nitrogens with one attached hydrogen (secondary N) is 1. The maximum absolute atomic E-state index is 6.20. The number of hydrogen-bond acceptors (Lipinski definition) is 10. The van der Waals surface area contributed by atoms with Crippen LogP contribution in [-0.4, -0.2) is 52.3 Å². The first kappa shape index (κ1) is 19.8. The number of pyridine rings is 1. The predicted molar refractivity (Wildman–Crippen MR) is 122 cm³/mol. The molecule has 1 saturated heterocycles. The van der Waals surface area contributed by atoms with Gasteiger partial charge in [-0.15, -0.1) is 21.5 Å². The molecule has 0 aromatic carbocycles. The van der Waals surface area contributed by atoms with E-state index in [1.165, 1.54) is 5.56 Å². The Morgan fingerprint density at radius 2 is 2.06 bits per heavy atom. The zero-order valence-corrected chi connectivity index (χ0v) is 18.9. The fraction of sp³-hybridized carbons (Fsp3) is 0.455. The lowest BCUT2D eigenvalue weighted by Crippen LogP contribution is -2.39. The van der Waals surface area contributed by atoms with Gasteiger partial charge in [0.15, 0.2) is 5.82 Å². The molecule has 166 valence electrons. The lowest BCUT2D eigenvalue weighted by Gasteiger charge is -2.36. The third kappa shape index (κ3) is 3.39. The number of fused-ring (bicyclic) bond motifs is 5. The van der Waals surface area contributed by atoms with E-state index in [-0.39, 0.29) is 5.60 Å². The number of anilines is 2. The van der Waals surface area contributed by atoms with Crippen molar-refractivity contribution in [2.24, 2.45) is 0 Å². The highest BCUT2D eigenvalue weighted by Gasteiger charge is 2.33. The van der Waals surface area contributed by atoms with Gasteiger partial charge in [-0.1, -0.05) is 0 Å². The lowest BCUT2D eigenvalue weighted by atomic mass is 9.90. The molecule has 32 heavy (non-hydrogen) atoms. The fourth-order valence-electron chi connectivity index (χ4n) is 4.45. The molecular formula is C22H24N6O3S. The SMILES string of the molecule is CC1(C)Cc2c(c(N3CCOCC3)nc3sc4c(NCc5ccco5)nnnc4c23)CO1. The summed E-state index contributed by atoms with van der Waals surface area (Å²) in [5.41, 5.74) is 3.01. The molecule has 0 radical (unpaired) electrons. The number of ether oxygens (including phenoxy) is 2. The maximum Gasteiger partial charge on any atom is 0.170 e. The van der Waals surface area contributed by atoms with Crippen LogP contribution in [0.4, 0.5) is 11.6 Å². The van der Waals surface area contributed by atoms with Crippen molar-refractivity contribution in [3.8, 4) is 0 Å². The van der Waals surface area contributed by atoms with Gasteiger partial charge in [0, 0.05) is 30.5 Å². The van der Waals surface area contributed by atoms with E-state index < -0.39 is 0 Å². The van der Waals surface area contributed by atoms with Crippen LogP contribution in [-0.2, 0) is 29.0 Å². The summed E-state index contributed by atoms with van der Waals surface area (Å²) in [4.78, 5) is 8.39. The summed E-state index contributed by atoms with van der Waals surface area (Å²) in [5.74, 6) is 2.54. The van der Waals surface area contributed by atoms with Gasteiger partial charge < -0.3 is 24.1 Å². The highest BCUT2D eigenvalue weighted by Crippen LogP contribution is 2.43. The van der Waals surface area contributed by atoms with Gasteiger partial charge >= 0.3 is 0 Å². The molecule has 1 fully saturated rings. The Balaban J connectivity index is 1.52. The van der Waals surface area contributed by atoms with Crippen molar-refractivity contribution >= 4 is 43.4 Å². The van der Waals surface area contributed by atoms with E-state index in [2.05, 4.69) is 39.5 Å².